The molecule has 1 amide bonds. The molecule has 0 rings (SSSR count). The largest absolute Gasteiger partial charge is 0.466 e. The normalized spacial score (nSPS) is 12.6. The number of ether oxygens (including phenoxy) is 1. The third-order valence-corrected chi connectivity index (χ3v) is 14.8. The third kappa shape index (κ3) is 55.8. The molecule has 0 aliphatic carbocycles. The molecule has 2 unspecified atom stereocenters. The summed E-state index contributed by atoms with van der Waals surface area (Å²) >= 11 is 0. The number of aliphatic hydroxyl groups excluding tert-OH is 2. The number of carbonyl (C=O) groups is 2. The summed E-state index contributed by atoms with van der Waals surface area (Å²) in [6.45, 7) is 4.93. The standard InChI is InChI=1S/C63H123NO5/c1-3-5-7-9-11-13-15-17-19-21-23-27-31-35-39-43-47-51-55-61(66)60(59-65)64-62(67)56-52-48-44-40-36-32-28-25-26-30-34-38-42-46-50-54-58-69-63(68)57-53-49-45-41-37-33-29-24-22-20-18-16-14-12-10-8-6-4-2/h51,55,60-61,65-66H,3-50,52-54,56-59H2,1-2H3,(H,64,67)/b55-51+. The highest BCUT2D eigenvalue weighted by Crippen LogP contribution is 2.18. The zero-order valence-corrected chi connectivity index (χ0v) is 46.8. The van der Waals surface area contributed by atoms with Crippen molar-refractivity contribution in [2.24, 2.45) is 0 Å². The van der Waals surface area contributed by atoms with Gasteiger partial charge in [0.2, 0.25) is 5.91 Å². The molecular formula is C63H123NO5. The van der Waals surface area contributed by atoms with Gasteiger partial charge in [-0.1, -0.05) is 321 Å². The molecule has 0 fully saturated rings. The maximum Gasteiger partial charge on any atom is 0.305 e. The summed E-state index contributed by atoms with van der Waals surface area (Å²) < 4.78 is 5.50. The van der Waals surface area contributed by atoms with Gasteiger partial charge in [0, 0.05) is 12.8 Å². The Morgan fingerprint density at radius 3 is 0.986 bits per heavy atom. The number of nitrogens with one attached hydrogen (secondary N) is 1. The molecule has 0 aliphatic heterocycles. The highest BCUT2D eigenvalue weighted by Gasteiger charge is 2.18. The molecule has 0 saturated carbocycles. The van der Waals surface area contributed by atoms with Gasteiger partial charge in [0.25, 0.3) is 0 Å². The molecule has 2 atom stereocenters. The lowest BCUT2D eigenvalue weighted by molar-refractivity contribution is -0.143. The topological polar surface area (TPSA) is 95.9 Å². The van der Waals surface area contributed by atoms with Crippen LogP contribution >= 0.6 is 0 Å². The number of hydrogen-bond donors (Lipinski definition) is 3. The summed E-state index contributed by atoms with van der Waals surface area (Å²) in [6.07, 6.45) is 71.0. The van der Waals surface area contributed by atoms with Crippen LogP contribution in [0.4, 0.5) is 0 Å². The van der Waals surface area contributed by atoms with E-state index in [1.165, 1.54) is 283 Å². The first-order valence-electron chi connectivity index (χ1n) is 31.5. The molecule has 0 aromatic heterocycles. The van der Waals surface area contributed by atoms with E-state index in [1.807, 2.05) is 6.08 Å². The summed E-state index contributed by atoms with van der Waals surface area (Å²) in [7, 11) is 0. The van der Waals surface area contributed by atoms with Gasteiger partial charge in [0.1, 0.15) is 0 Å². The molecule has 0 aromatic rings. The van der Waals surface area contributed by atoms with E-state index >= 15 is 0 Å². The molecular weight excluding hydrogens is 851 g/mol. The number of carbonyl (C=O) groups excluding carboxylic acids is 2. The maximum absolute atomic E-state index is 12.5. The lowest BCUT2D eigenvalue weighted by Gasteiger charge is -2.20. The Morgan fingerprint density at radius 2 is 0.667 bits per heavy atom. The summed E-state index contributed by atoms with van der Waals surface area (Å²) in [6, 6.07) is -0.633. The Kier molecular flexibility index (Phi) is 58.0. The van der Waals surface area contributed by atoms with Gasteiger partial charge in [-0.2, -0.15) is 0 Å². The molecule has 0 radical (unpaired) electrons. The average Bonchev–Trinajstić information content (AvgIpc) is 3.35. The Balaban J connectivity index is 3.42. The zero-order valence-electron chi connectivity index (χ0n) is 46.8. The zero-order chi connectivity index (χ0) is 50.0. The van der Waals surface area contributed by atoms with E-state index in [4.69, 9.17) is 4.74 Å². The van der Waals surface area contributed by atoms with Crippen LogP contribution in [0.1, 0.15) is 354 Å². The van der Waals surface area contributed by atoms with Crippen molar-refractivity contribution < 1.29 is 24.5 Å². The Bertz CT molecular complexity index is 1030. The summed E-state index contributed by atoms with van der Waals surface area (Å²) in [5, 5.41) is 23.2. The van der Waals surface area contributed by atoms with Crippen LogP contribution in [0.3, 0.4) is 0 Å². The van der Waals surface area contributed by atoms with E-state index in [2.05, 4.69) is 19.2 Å². The maximum atomic E-state index is 12.5. The van der Waals surface area contributed by atoms with Crippen LogP contribution in [0.15, 0.2) is 12.2 Å². The van der Waals surface area contributed by atoms with Gasteiger partial charge in [-0.15, -0.1) is 0 Å². The smallest absolute Gasteiger partial charge is 0.305 e. The van der Waals surface area contributed by atoms with Crippen LogP contribution in [0, 0.1) is 0 Å². The number of allylic oxidation sites excluding steroid dienone is 1. The number of hydrogen-bond acceptors (Lipinski definition) is 5. The predicted octanol–water partition coefficient (Wildman–Crippen LogP) is 19.6. The minimum Gasteiger partial charge on any atom is -0.466 e. The van der Waals surface area contributed by atoms with Crippen molar-refractivity contribution in [2.45, 2.75) is 366 Å². The first-order valence-corrected chi connectivity index (χ1v) is 31.5. The molecule has 0 bridgehead atoms. The van der Waals surface area contributed by atoms with E-state index in [-0.39, 0.29) is 18.5 Å². The van der Waals surface area contributed by atoms with Gasteiger partial charge in [0.15, 0.2) is 0 Å². The van der Waals surface area contributed by atoms with Crippen LogP contribution in [-0.4, -0.2) is 47.4 Å². The van der Waals surface area contributed by atoms with E-state index in [9.17, 15) is 19.8 Å². The number of amides is 1. The lowest BCUT2D eigenvalue weighted by Crippen LogP contribution is -2.45. The Morgan fingerprint density at radius 1 is 0.391 bits per heavy atom. The van der Waals surface area contributed by atoms with Gasteiger partial charge in [0.05, 0.1) is 25.4 Å². The summed E-state index contributed by atoms with van der Waals surface area (Å²) in [4.78, 5) is 24.6. The minimum absolute atomic E-state index is 0.00745. The number of aliphatic hydroxyl groups is 2. The first-order chi connectivity index (χ1) is 34.0. The highest BCUT2D eigenvalue weighted by atomic mass is 16.5. The second-order valence-corrected chi connectivity index (χ2v) is 21.8. The Labute approximate surface area is 431 Å². The lowest BCUT2D eigenvalue weighted by atomic mass is 10.0. The van der Waals surface area contributed by atoms with Gasteiger partial charge >= 0.3 is 5.97 Å². The molecule has 0 aromatic carbocycles. The van der Waals surface area contributed by atoms with Crippen LogP contribution < -0.4 is 5.32 Å². The van der Waals surface area contributed by atoms with Gasteiger partial charge < -0.3 is 20.3 Å². The van der Waals surface area contributed by atoms with Gasteiger partial charge in [-0.3, -0.25) is 9.59 Å². The van der Waals surface area contributed by atoms with E-state index in [1.54, 1.807) is 6.08 Å². The molecule has 6 heteroatoms. The number of rotatable bonds is 59. The van der Waals surface area contributed by atoms with Crippen LogP contribution in [0.5, 0.6) is 0 Å². The monoisotopic (exact) mass is 974 g/mol. The number of esters is 1. The Hall–Kier alpha value is -1.40. The molecule has 0 spiro atoms. The van der Waals surface area contributed by atoms with Crippen molar-refractivity contribution in [1.82, 2.24) is 5.32 Å². The minimum atomic E-state index is -0.849. The summed E-state index contributed by atoms with van der Waals surface area (Å²) in [5.41, 5.74) is 0. The van der Waals surface area contributed by atoms with Crippen LogP contribution in [-0.2, 0) is 14.3 Å². The fourth-order valence-corrected chi connectivity index (χ4v) is 9.99. The van der Waals surface area contributed by atoms with E-state index < -0.39 is 12.1 Å². The van der Waals surface area contributed by atoms with Crippen molar-refractivity contribution in [2.75, 3.05) is 13.2 Å². The molecule has 3 N–H and O–H groups in total. The van der Waals surface area contributed by atoms with Crippen LogP contribution in [0.25, 0.3) is 0 Å². The highest BCUT2D eigenvalue weighted by molar-refractivity contribution is 5.76. The van der Waals surface area contributed by atoms with E-state index in [0.29, 0.717) is 19.4 Å². The van der Waals surface area contributed by atoms with Gasteiger partial charge in [-0.25, -0.2) is 0 Å². The second kappa shape index (κ2) is 59.2. The second-order valence-electron chi connectivity index (χ2n) is 21.8. The fourth-order valence-electron chi connectivity index (χ4n) is 9.99. The van der Waals surface area contributed by atoms with E-state index in [0.717, 1.165) is 44.9 Å². The molecule has 6 nitrogen and oxygen atoms in total. The predicted molar refractivity (Wildman–Crippen MR) is 301 cm³/mol. The van der Waals surface area contributed by atoms with Crippen molar-refractivity contribution in [3.05, 3.63) is 12.2 Å². The average molecular weight is 975 g/mol. The number of unbranched alkanes of at least 4 members (excludes halogenated alkanes) is 48. The first kappa shape index (κ1) is 67.6. The molecule has 0 heterocycles. The molecule has 410 valence electrons. The molecule has 69 heavy (non-hydrogen) atoms. The summed E-state index contributed by atoms with van der Waals surface area (Å²) in [5.74, 6) is -0.0638. The van der Waals surface area contributed by atoms with Crippen molar-refractivity contribution in [3.8, 4) is 0 Å². The SMILES string of the molecule is CCCCCCCCCCCCCCCCCC/C=C/C(O)C(CO)NC(=O)CCCCCCCCCCCCCCCCCCOC(=O)CCCCCCCCCCCCCCCCCCCC. The quantitative estimate of drug-likeness (QED) is 0.0321. The van der Waals surface area contributed by atoms with Crippen LogP contribution in [0.2, 0.25) is 0 Å². The molecule has 0 aliphatic rings. The fraction of sp³-hybridized carbons (Fsp3) is 0.937. The third-order valence-electron chi connectivity index (χ3n) is 14.8. The van der Waals surface area contributed by atoms with Crippen molar-refractivity contribution in [3.63, 3.8) is 0 Å². The van der Waals surface area contributed by atoms with Gasteiger partial charge in [-0.05, 0) is 32.1 Å². The van der Waals surface area contributed by atoms with Crippen molar-refractivity contribution in [1.29, 1.82) is 0 Å². The molecule has 0 saturated heterocycles. The van der Waals surface area contributed by atoms with Crippen molar-refractivity contribution >= 4 is 11.9 Å².